The van der Waals surface area contributed by atoms with E-state index in [2.05, 4.69) is 4.72 Å². The lowest BCUT2D eigenvalue weighted by Crippen LogP contribution is -2.43. The molecule has 1 saturated heterocycles. The van der Waals surface area contributed by atoms with Crippen LogP contribution < -0.4 is 4.72 Å². The minimum Gasteiger partial charge on any atom is -0.386 e. The van der Waals surface area contributed by atoms with Crippen molar-refractivity contribution in [3.8, 4) is 0 Å². The molecule has 0 aromatic rings. The number of ether oxygens (including phenoxy) is 1. The Hall–Kier alpha value is -0.170. The van der Waals surface area contributed by atoms with E-state index in [1.807, 2.05) is 0 Å². The topological polar surface area (TPSA) is 75.6 Å². The van der Waals surface area contributed by atoms with E-state index in [1.54, 1.807) is 6.92 Å². The number of rotatable bonds is 4. The molecule has 0 spiro atoms. The monoisotopic (exact) mass is 209 g/mol. The number of nitrogens with one attached hydrogen (secondary N) is 1. The van der Waals surface area contributed by atoms with Gasteiger partial charge in [-0.05, 0) is 6.92 Å². The molecule has 2 N–H and O–H groups in total. The maximum absolute atomic E-state index is 11.0. The molecule has 0 saturated carbocycles. The van der Waals surface area contributed by atoms with Gasteiger partial charge in [0.15, 0.2) is 0 Å². The average molecular weight is 209 g/mol. The highest BCUT2D eigenvalue weighted by atomic mass is 32.2. The van der Waals surface area contributed by atoms with Gasteiger partial charge < -0.3 is 9.84 Å². The molecule has 1 fully saturated rings. The Morgan fingerprint density at radius 2 is 2.31 bits per heavy atom. The standard InChI is InChI=1S/C7H15NO4S/c1-2-13(10,11)8-5-7(9)3-4-12-6-7/h8-9H,2-6H2,1H3. The predicted molar refractivity (Wildman–Crippen MR) is 47.8 cm³/mol. The largest absolute Gasteiger partial charge is 0.386 e. The van der Waals surface area contributed by atoms with Gasteiger partial charge in [0.1, 0.15) is 5.60 Å². The summed E-state index contributed by atoms with van der Waals surface area (Å²) < 4.78 is 29.4. The van der Waals surface area contributed by atoms with Gasteiger partial charge in [-0.3, -0.25) is 0 Å². The molecule has 1 aliphatic rings. The molecule has 78 valence electrons. The van der Waals surface area contributed by atoms with Crippen LogP contribution in [0.3, 0.4) is 0 Å². The van der Waals surface area contributed by atoms with E-state index in [9.17, 15) is 13.5 Å². The lowest BCUT2D eigenvalue weighted by atomic mass is 10.1. The second kappa shape index (κ2) is 3.91. The van der Waals surface area contributed by atoms with E-state index in [0.717, 1.165) is 0 Å². The van der Waals surface area contributed by atoms with Gasteiger partial charge in [-0.1, -0.05) is 0 Å². The zero-order chi connectivity index (χ0) is 9.95. The van der Waals surface area contributed by atoms with E-state index in [4.69, 9.17) is 4.74 Å². The maximum atomic E-state index is 11.0. The van der Waals surface area contributed by atoms with Crippen LogP contribution in [0, 0.1) is 0 Å². The van der Waals surface area contributed by atoms with Crippen molar-refractivity contribution in [2.45, 2.75) is 18.9 Å². The second-order valence-corrected chi connectivity index (χ2v) is 5.35. The maximum Gasteiger partial charge on any atom is 0.211 e. The van der Waals surface area contributed by atoms with E-state index in [-0.39, 0.29) is 18.9 Å². The Bertz CT molecular complexity index is 256. The predicted octanol–water partition coefficient (Wildman–Crippen LogP) is -0.923. The Morgan fingerprint density at radius 3 is 2.77 bits per heavy atom. The van der Waals surface area contributed by atoms with Gasteiger partial charge in [-0.2, -0.15) is 0 Å². The van der Waals surface area contributed by atoms with Crippen molar-refractivity contribution >= 4 is 10.0 Å². The zero-order valence-corrected chi connectivity index (χ0v) is 8.43. The van der Waals surface area contributed by atoms with Gasteiger partial charge in [0.05, 0.1) is 12.4 Å². The summed E-state index contributed by atoms with van der Waals surface area (Å²) in [5, 5.41) is 9.70. The first-order valence-corrected chi connectivity index (χ1v) is 5.90. The Balaban J connectivity index is 2.42. The van der Waals surface area contributed by atoms with Crippen molar-refractivity contribution in [3.63, 3.8) is 0 Å². The smallest absolute Gasteiger partial charge is 0.211 e. The van der Waals surface area contributed by atoms with Gasteiger partial charge in [0.2, 0.25) is 10.0 Å². The van der Waals surface area contributed by atoms with Crippen LogP contribution >= 0.6 is 0 Å². The third-order valence-corrected chi connectivity index (χ3v) is 3.43. The van der Waals surface area contributed by atoms with Crippen molar-refractivity contribution in [3.05, 3.63) is 0 Å². The molecule has 0 amide bonds. The molecular weight excluding hydrogens is 194 g/mol. The quantitative estimate of drug-likeness (QED) is 0.627. The van der Waals surface area contributed by atoms with Crippen LogP contribution in [0.5, 0.6) is 0 Å². The van der Waals surface area contributed by atoms with Crippen molar-refractivity contribution in [1.82, 2.24) is 4.72 Å². The van der Waals surface area contributed by atoms with Gasteiger partial charge in [0.25, 0.3) is 0 Å². The molecule has 0 aromatic carbocycles. The van der Waals surface area contributed by atoms with Crippen LogP contribution in [0.15, 0.2) is 0 Å². The normalized spacial score (nSPS) is 29.4. The molecule has 6 heteroatoms. The summed E-state index contributed by atoms with van der Waals surface area (Å²) in [5.74, 6) is 0.0317. The van der Waals surface area contributed by atoms with Crippen LogP contribution in [0.25, 0.3) is 0 Å². The van der Waals surface area contributed by atoms with Gasteiger partial charge in [-0.15, -0.1) is 0 Å². The highest BCUT2D eigenvalue weighted by molar-refractivity contribution is 7.89. The molecule has 1 rings (SSSR count). The second-order valence-electron chi connectivity index (χ2n) is 3.25. The highest BCUT2D eigenvalue weighted by Gasteiger charge is 2.32. The average Bonchev–Trinajstić information content (AvgIpc) is 2.50. The molecule has 1 heterocycles. The van der Waals surface area contributed by atoms with Crippen LogP contribution in [-0.2, 0) is 14.8 Å². The van der Waals surface area contributed by atoms with E-state index in [0.29, 0.717) is 13.0 Å². The summed E-state index contributed by atoms with van der Waals surface area (Å²) in [6.45, 7) is 2.30. The Morgan fingerprint density at radius 1 is 1.62 bits per heavy atom. The highest BCUT2D eigenvalue weighted by Crippen LogP contribution is 2.17. The SMILES string of the molecule is CCS(=O)(=O)NCC1(O)CCOC1. The fourth-order valence-electron chi connectivity index (χ4n) is 1.08. The van der Waals surface area contributed by atoms with Gasteiger partial charge in [0, 0.05) is 19.6 Å². The fraction of sp³-hybridized carbons (Fsp3) is 1.00. The van der Waals surface area contributed by atoms with Crippen molar-refractivity contribution in [2.75, 3.05) is 25.5 Å². The molecule has 5 nitrogen and oxygen atoms in total. The number of hydrogen-bond acceptors (Lipinski definition) is 4. The molecule has 0 aromatic heterocycles. The van der Waals surface area contributed by atoms with Crippen molar-refractivity contribution < 1.29 is 18.3 Å². The van der Waals surface area contributed by atoms with Crippen LogP contribution in [0.4, 0.5) is 0 Å². The number of aliphatic hydroxyl groups is 1. The lowest BCUT2D eigenvalue weighted by Gasteiger charge is -2.20. The van der Waals surface area contributed by atoms with E-state index < -0.39 is 15.6 Å². The third-order valence-electron chi connectivity index (χ3n) is 2.08. The molecule has 0 radical (unpaired) electrons. The minimum atomic E-state index is -3.21. The lowest BCUT2D eigenvalue weighted by molar-refractivity contribution is 0.0315. The first-order chi connectivity index (χ1) is 5.97. The summed E-state index contributed by atoms with van der Waals surface area (Å²) in [4.78, 5) is 0. The third kappa shape index (κ3) is 3.22. The van der Waals surface area contributed by atoms with Gasteiger partial charge >= 0.3 is 0 Å². The molecule has 0 aliphatic carbocycles. The number of sulfonamides is 1. The zero-order valence-electron chi connectivity index (χ0n) is 7.62. The molecule has 13 heavy (non-hydrogen) atoms. The minimum absolute atomic E-state index is 0.0317. The summed E-state index contributed by atoms with van der Waals surface area (Å²) in [5.41, 5.74) is -1.01. The van der Waals surface area contributed by atoms with E-state index >= 15 is 0 Å². The molecular formula is C7H15NO4S. The van der Waals surface area contributed by atoms with E-state index in [1.165, 1.54) is 0 Å². The molecule has 1 aliphatic heterocycles. The first-order valence-electron chi connectivity index (χ1n) is 4.25. The van der Waals surface area contributed by atoms with Crippen molar-refractivity contribution in [2.24, 2.45) is 0 Å². The molecule has 1 unspecified atom stereocenters. The van der Waals surface area contributed by atoms with Crippen LogP contribution in [-0.4, -0.2) is 44.6 Å². The summed E-state index contributed by atoms with van der Waals surface area (Å²) in [6.07, 6.45) is 0.485. The summed E-state index contributed by atoms with van der Waals surface area (Å²) in [6, 6.07) is 0. The Kier molecular flexibility index (Phi) is 3.28. The summed E-state index contributed by atoms with van der Waals surface area (Å²) in [7, 11) is -3.21. The van der Waals surface area contributed by atoms with Crippen LogP contribution in [0.1, 0.15) is 13.3 Å². The number of hydrogen-bond donors (Lipinski definition) is 2. The van der Waals surface area contributed by atoms with Gasteiger partial charge in [-0.25, -0.2) is 13.1 Å². The fourth-order valence-corrected chi connectivity index (χ4v) is 1.77. The Labute approximate surface area is 78.1 Å². The summed E-state index contributed by atoms with van der Waals surface area (Å²) >= 11 is 0. The van der Waals surface area contributed by atoms with Crippen molar-refractivity contribution in [1.29, 1.82) is 0 Å². The molecule has 0 bridgehead atoms. The van der Waals surface area contributed by atoms with Crippen LogP contribution in [0.2, 0.25) is 0 Å². The molecule has 1 atom stereocenters. The first kappa shape index (κ1) is 10.9.